The summed E-state index contributed by atoms with van der Waals surface area (Å²) >= 11 is 0. The van der Waals surface area contributed by atoms with E-state index in [1.54, 1.807) is 0 Å². The molecule has 2 unspecified atom stereocenters. The predicted molar refractivity (Wildman–Crippen MR) is 432 cm³/mol. The van der Waals surface area contributed by atoms with Gasteiger partial charge in [0.05, 0.1) is 26.4 Å². The minimum Gasteiger partial charge on any atom is -0.462 e. The summed E-state index contributed by atoms with van der Waals surface area (Å²) in [5.41, 5.74) is 0. The number of carbonyl (C=O) groups excluding carboxylic acids is 4. The fourth-order valence-electron chi connectivity index (χ4n) is 13.5. The van der Waals surface area contributed by atoms with Gasteiger partial charge in [0.1, 0.15) is 19.3 Å². The number of aliphatic hydroxyl groups is 1. The van der Waals surface area contributed by atoms with Gasteiger partial charge in [-0.15, -0.1) is 0 Å². The molecule has 0 saturated heterocycles. The summed E-state index contributed by atoms with van der Waals surface area (Å²) in [5.74, 6) is -1.42. The maximum absolute atomic E-state index is 13.1. The zero-order chi connectivity index (χ0) is 76.9. The van der Waals surface area contributed by atoms with Crippen molar-refractivity contribution in [1.29, 1.82) is 0 Å². The van der Waals surface area contributed by atoms with Gasteiger partial charge in [-0.05, 0) is 31.6 Å². The van der Waals surface area contributed by atoms with Gasteiger partial charge in [-0.1, -0.05) is 413 Å². The first-order chi connectivity index (χ1) is 51.0. The van der Waals surface area contributed by atoms with Crippen LogP contribution in [0, 0.1) is 5.92 Å². The Kier molecular flexibility index (Phi) is 77.3. The molecule has 0 radical (unpaired) electrons. The Morgan fingerprint density at radius 3 is 0.648 bits per heavy atom. The number of rotatable bonds is 86. The van der Waals surface area contributed by atoms with Crippen LogP contribution in [0.1, 0.15) is 465 Å². The second-order valence-corrected chi connectivity index (χ2v) is 34.3. The van der Waals surface area contributed by atoms with Crippen molar-refractivity contribution in [2.75, 3.05) is 39.6 Å². The second-order valence-electron chi connectivity index (χ2n) is 31.4. The number of ether oxygens (including phenoxy) is 4. The number of phosphoric ester groups is 2. The maximum atomic E-state index is 13.1. The maximum Gasteiger partial charge on any atom is 0.472 e. The van der Waals surface area contributed by atoms with Gasteiger partial charge in [0.15, 0.2) is 12.2 Å². The van der Waals surface area contributed by atoms with Crippen LogP contribution in [0.5, 0.6) is 0 Å². The molecule has 17 nitrogen and oxygen atoms in total. The molecule has 105 heavy (non-hydrogen) atoms. The smallest absolute Gasteiger partial charge is 0.462 e. The van der Waals surface area contributed by atoms with E-state index in [9.17, 15) is 43.2 Å². The molecule has 624 valence electrons. The van der Waals surface area contributed by atoms with Crippen LogP contribution in [-0.4, -0.2) is 96.7 Å². The molecule has 0 amide bonds. The van der Waals surface area contributed by atoms with Gasteiger partial charge in [-0.3, -0.25) is 37.3 Å². The molecule has 0 aromatic heterocycles. The molecular weight excluding hydrogens is 1370 g/mol. The molecule has 0 aromatic carbocycles. The third kappa shape index (κ3) is 79.9. The molecule has 19 heteroatoms. The molecule has 0 spiro atoms. The molecule has 5 atom stereocenters. The Bertz CT molecular complexity index is 2000. The summed E-state index contributed by atoms with van der Waals surface area (Å²) in [5, 5.41) is 10.7. The van der Waals surface area contributed by atoms with E-state index >= 15 is 0 Å². The number of aliphatic hydroxyl groups excluding tert-OH is 1. The lowest BCUT2D eigenvalue weighted by molar-refractivity contribution is -0.161. The highest BCUT2D eigenvalue weighted by atomic mass is 31.2. The minimum absolute atomic E-state index is 0.108. The van der Waals surface area contributed by atoms with Crippen LogP contribution in [0.15, 0.2) is 0 Å². The third-order valence-corrected chi connectivity index (χ3v) is 22.2. The van der Waals surface area contributed by atoms with Gasteiger partial charge in [0, 0.05) is 25.7 Å². The second kappa shape index (κ2) is 78.7. The zero-order valence-corrected chi connectivity index (χ0v) is 70.7. The van der Waals surface area contributed by atoms with Gasteiger partial charge in [-0.2, -0.15) is 0 Å². The largest absolute Gasteiger partial charge is 0.472 e. The summed E-state index contributed by atoms with van der Waals surface area (Å²) in [6.07, 6.45) is 72.5. The van der Waals surface area contributed by atoms with E-state index in [0.29, 0.717) is 31.6 Å². The van der Waals surface area contributed by atoms with Crippen LogP contribution in [-0.2, 0) is 65.4 Å². The van der Waals surface area contributed by atoms with E-state index in [-0.39, 0.29) is 25.7 Å². The first-order valence-electron chi connectivity index (χ1n) is 44.6. The van der Waals surface area contributed by atoms with Crippen LogP contribution in [0.25, 0.3) is 0 Å². The van der Waals surface area contributed by atoms with Crippen molar-refractivity contribution in [3.63, 3.8) is 0 Å². The SMILES string of the molecule is CCCCCCCCCCCCCCCCCCCCCCC(=O)O[C@H](COC(=O)CCCCCCCCCCCCCCCCCCCC)COP(=O)(O)OC[C@@H](O)COP(=O)(O)OC[C@@H](COC(=O)CCCCCCCCC(C)C)OC(=O)CCCCCCCCCCCCCCCCCCCC. The number of esters is 4. The standard InChI is InChI=1S/C86H168O17P2/c1-6-9-12-15-18-21-24-27-30-33-36-37-40-43-46-49-52-55-62-66-71-85(90)102-81(75-96-83(88)69-64-59-53-50-47-44-41-38-34-31-28-25-22-19-16-13-10-7-2)77-100-104(92,93)98-73-80(87)74-99-105(94,95)101-78-82(76-97-84(89)70-65-60-57-56-58-63-68-79(4)5)103-86(91)72-67-61-54-51-48-45-42-39-35-32-29-26-23-20-17-14-11-8-3/h79-82,87H,6-78H2,1-5H3,(H,92,93)(H,94,95)/t80-,81-,82-/m1/s1. The van der Waals surface area contributed by atoms with Gasteiger partial charge < -0.3 is 33.8 Å². The fourth-order valence-corrected chi connectivity index (χ4v) is 15.1. The fraction of sp³-hybridized carbons (Fsp3) is 0.953. The number of phosphoric acid groups is 2. The van der Waals surface area contributed by atoms with Crippen LogP contribution in [0.2, 0.25) is 0 Å². The van der Waals surface area contributed by atoms with Crippen LogP contribution < -0.4 is 0 Å². The molecule has 0 fully saturated rings. The Hall–Kier alpha value is -1.94. The summed E-state index contributed by atoms with van der Waals surface area (Å²) in [7, 11) is -9.93. The van der Waals surface area contributed by atoms with Crippen LogP contribution in [0.3, 0.4) is 0 Å². The predicted octanol–water partition coefficient (Wildman–Crippen LogP) is 26.4. The van der Waals surface area contributed by atoms with Crippen LogP contribution in [0.4, 0.5) is 0 Å². The number of hydrogen-bond acceptors (Lipinski definition) is 15. The van der Waals surface area contributed by atoms with E-state index in [2.05, 4.69) is 34.6 Å². The Balaban J connectivity index is 5.20. The van der Waals surface area contributed by atoms with E-state index in [1.165, 1.54) is 283 Å². The third-order valence-electron chi connectivity index (χ3n) is 20.3. The molecule has 0 saturated carbocycles. The van der Waals surface area contributed by atoms with Crippen molar-refractivity contribution in [1.82, 2.24) is 0 Å². The molecule has 3 N–H and O–H groups in total. The van der Waals surface area contributed by atoms with Gasteiger partial charge in [0.2, 0.25) is 0 Å². The Labute approximate surface area is 645 Å². The summed E-state index contributed by atoms with van der Waals surface area (Å²) in [4.78, 5) is 73.2. The van der Waals surface area contributed by atoms with Gasteiger partial charge in [0.25, 0.3) is 0 Å². The Morgan fingerprint density at radius 2 is 0.438 bits per heavy atom. The van der Waals surface area contributed by atoms with E-state index in [1.807, 2.05) is 0 Å². The highest BCUT2D eigenvalue weighted by Gasteiger charge is 2.30. The first kappa shape index (κ1) is 103. The van der Waals surface area contributed by atoms with E-state index in [0.717, 1.165) is 96.3 Å². The molecular formula is C86H168O17P2. The van der Waals surface area contributed by atoms with E-state index < -0.39 is 97.5 Å². The van der Waals surface area contributed by atoms with Crippen molar-refractivity contribution in [3.8, 4) is 0 Å². The van der Waals surface area contributed by atoms with Crippen molar-refractivity contribution in [3.05, 3.63) is 0 Å². The summed E-state index contributed by atoms with van der Waals surface area (Å²) in [6.45, 7) is 7.28. The van der Waals surface area contributed by atoms with Gasteiger partial charge >= 0.3 is 39.5 Å². The average Bonchev–Trinajstić information content (AvgIpc) is 0.907. The summed E-state index contributed by atoms with van der Waals surface area (Å²) < 4.78 is 68.9. The van der Waals surface area contributed by atoms with Crippen molar-refractivity contribution in [2.24, 2.45) is 5.92 Å². The van der Waals surface area contributed by atoms with E-state index in [4.69, 9.17) is 37.0 Å². The molecule has 0 aliphatic carbocycles. The number of carbonyl (C=O) groups is 4. The van der Waals surface area contributed by atoms with Crippen molar-refractivity contribution in [2.45, 2.75) is 483 Å². The normalized spacial score (nSPS) is 13.8. The van der Waals surface area contributed by atoms with Crippen LogP contribution >= 0.6 is 15.6 Å². The topological polar surface area (TPSA) is 237 Å². The zero-order valence-electron chi connectivity index (χ0n) is 68.9. The highest BCUT2D eigenvalue weighted by Crippen LogP contribution is 2.45. The molecule has 0 aromatic rings. The van der Waals surface area contributed by atoms with Crippen molar-refractivity contribution >= 4 is 39.5 Å². The number of unbranched alkanes of at least 4 members (excludes halogenated alkanes) is 58. The summed E-state index contributed by atoms with van der Waals surface area (Å²) in [6, 6.07) is 0. The van der Waals surface area contributed by atoms with Gasteiger partial charge in [-0.25, -0.2) is 9.13 Å². The quantitative estimate of drug-likeness (QED) is 0.0222. The lowest BCUT2D eigenvalue weighted by Crippen LogP contribution is -2.30. The molecule has 0 aliphatic heterocycles. The lowest BCUT2D eigenvalue weighted by Gasteiger charge is -2.21. The monoisotopic (exact) mass is 1540 g/mol. The molecule has 0 rings (SSSR count). The molecule has 0 bridgehead atoms. The average molecular weight is 1540 g/mol. The highest BCUT2D eigenvalue weighted by molar-refractivity contribution is 7.47. The van der Waals surface area contributed by atoms with Crippen molar-refractivity contribution < 1.29 is 80.2 Å². The molecule has 0 aliphatic rings. The molecule has 0 heterocycles. The first-order valence-corrected chi connectivity index (χ1v) is 47.6. The minimum atomic E-state index is -4.96. The number of hydrogen-bond donors (Lipinski definition) is 3. The lowest BCUT2D eigenvalue weighted by atomic mass is 10.0. The Morgan fingerprint density at radius 1 is 0.257 bits per heavy atom.